The number of para-hydroxylation sites is 1. The molecule has 2 aromatic carbocycles. The highest BCUT2D eigenvalue weighted by atomic mass is 19.1. The third-order valence-electron chi connectivity index (χ3n) is 5.56. The van der Waals surface area contributed by atoms with E-state index in [-0.39, 0.29) is 17.8 Å². The van der Waals surface area contributed by atoms with Gasteiger partial charge in [0.15, 0.2) is 5.82 Å². The van der Waals surface area contributed by atoms with Crippen LogP contribution in [0.5, 0.6) is 5.75 Å². The minimum absolute atomic E-state index is 0.0714. The van der Waals surface area contributed by atoms with Gasteiger partial charge >= 0.3 is 0 Å². The second-order valence-corrected chi connectivity index (χ2v) is 8.25. The first-order valence-electron chi connectivity index (χ1n) is 10.8. The average molecular weight is 438 g/mol. The molecule has 0 spiro atoms. The SMILES string of the molecule is CN(C)CCOc1ccccc1C(=O)N1CCC[C@@H]1c1n[nH]c(Cc2ccc(F)cc2)n1. The summed E-state index contributed by atoms with van der Waals surface area (Å²) in [7, 11) is 3.97. The molecule has 0 radical (unpaired) electrons. The summed E-state index contributed by atoms with van der Waals surface area (Å²) >= 11 is 0. The van der Waals surface area contributed by atoms with Crippen molar-refractivity contribution in [2.45, 2.75) is 25.3 Å². The molecule has 7 nitrogen and oxygen atoms in total. The molecule has 4 rings (SSSR count). The average Bonchev–Trinajstić information content (AvgIpc) is 3.44. The van der Waals surface area contributed by atoms with Crippen LogP contribution in [0, 0.1) is 5.82 Å². The topological polar surface area (TPSA) is 74.3 Å². The van der Waals surface area contributed by atoms with Gasteiger partial charge in [0, 0.05) is 19.5 Å². The number of amides is 1. The fourth-order valence-electron chi connectivity index (χ4n) is 3.87. The molecule has 1 aliphatic rings. The van der Waals surface area contributed by atoms with Crippen molar-refractivity contribution in [3.63, 3.8) is 0 Å². The number of halogens is 1. The van der Waals surface area contributed by atoms with E-state index in [1.165, 1.54) is 12.1 Å². The smallest absolute Gasteiger partial charge is 0.258 e. The highest BCUT2D eigenvalue weighted by Gasteiger charge is 2.34. The number of carbonyl (C=O) groups is 1. The number of rotatable bonds is 8. The van der Waals surface area contributed by atoms with Crippen LogP contribution in [0.15, 0.2) is 48.5 Å². The maximum Gasteiger partial charge on any atom is 0.258 e. The number of ether oxygens (including phenoxy) is 1. The Morgan fingerprint density at radius 3 is 2.78 bits per heavy atom. The first kappa shape index (κ1) is 22.0. The second kappa shape index (κ2) is 9.91. The summed E-state index contributed by atoms with van der Waals surface area (Å²) in [6.07, 6.45) is 2.22. The molecule has 32 heavy (non-hydrogen) atoms. The van der Waals surface area contributed by atoms with Crippen LogP contribution in [-0.2, 0) is 6.42 Å². The summed E-state index contributed by atoms with van der Waals surface area (Å²) in [6, 6.07) is 13.5. The molecule has 8 heteroatoms. The predicted molar refractivity (Wildman–Crippen MR) is 119 cm³/mol. The van der Waals surface area contributed by atoms with E-state index in [4.69, 9.17) is 4.74 Å². The minimum Gasteiger partial charge on any atom is -0.491 e. The summed E-state index contributed by atoms with van der Waals surface area (Å²) in [5.41, 5.74) is 1.50. The fraction of sp³-hybridized carbons (Fsp3) is 0.375. The van der Waals surface area contributed by atoms with Gasteiger partial charge in [0.05, 0.1) is 11.6 Å². The molecule has 0 saturated carbocycles. The van der Waals surface area contributed by atoms with E-state index in [2.05, 4.69) is 15.2 Å². The van der Waals surface area contributed by atoms with Crippen molar-refractivity contribution < 1.29 is 13.9 Å². The Morgan fingerprint density at radius 2 is 2.00 bits per heavy atom. The zero-order valence-corrected chi connectivity index (χ0v) is 18.4. The van der Waals surface area contributed by atoms with E-state index >= 15 is 0 Å². The van der Waals surface area contributed by atoms with Crippen LogP contribution in [0.2, 0.25) is 0 Å². The molecule has 1 aliphatic heterocycles. The normalized spacial score (nSPS) is 16.0. The lowest BCUT2D eigenvalue weighted by molar-refractivity contribution is 0.0725. The summed E-state index contributed by atoms with van der Waals surface area (Å²) in [6.45, 7) is 1.93. The Balaban J connectivity index is 1.48. The third-order valence-corrected chi connectivity index (χ3v) is 5.56. The van der Waals surface area contributed by atoms with Crippen LogP contribution >= 0.6 is 0 Å². The molecule has 1 N–H and O–H groups in total. The molecular formula is C24H28FN5O2. The number of benzene rings is 2. The van der Waals surface area contributed by atoms with Gasteiger partial charge in [0.25, 0.3) is 5.91 Å². The third kappa shape index (κ3) is 5.13. The zero-order chi connectivity index (χ0) is 22.5. The summed E-state index contributed by atoms with van der Waals surface area (Å²) in [4.78, 5) is 21.9. The number of aromatic amines is 1. The van der Waals surface area contributed by atoms with Gasteiger partial charge in [-0.15, -0.1) is 0 Å². The molecule has 1 amide bonds. The predicted octanol–water partition coefficient (Wildman–Crippen LogP) is 3.45. The van der Waals surface area contributed by atoms with Gasteiger partial charge in [-0.1, -0.05) is 24.3 Å². The van der Waals surface area contributed by atoms with E-state index in [0.717, 1.165) is 24.9 Å². The summed E-state index contributed by atoms with van der Waals surface area (Å²) < 4.78 is 19.0. The summed E-state index contributed by atoms with van der Waals surface area (Å²) in [5, 5.41) is 7.36. The van der Waals surface area contributed by atoms with Crippen molar-refractivity contribution in [3.8, 4) is 5.75 Å². The number of hydrogen-bond acceptors (Lipinski definition) is 5. The van der Waals surface area contributed by atoms with Crippen LogP contribution in [0.25, 0.3) is 0 Å². The number of likely N-dealkylation sites (N-methyl/N-ethyl adjacent to an activating group) is 1. The number of nitrogens with zero attached hydrogens (tertiary/aromatic N) is 4. The Bertz CT molecular complexity index is 1050. The lowest BCUT2D eigenvalue weighted by Gasteiger charge is -2.24. The molecule has 1 fully saturated rings. The fourth-order valence-corrected chi connectivity index (χ4v) is 3.87. The number of hydrogen-bond donors (Lipinski definition) is 1. The van der Waals surface area contributed by atoms with Crippen LogP contribution in [0.1, 0.15) is 46.5 Å². The monoisotopic (exact) mass is 437 g/mol. The van der Waals surface area contributed by atoms with Crippen molar-refractivity contribution in [1.82, 2.24) is 25.0 Å². The molecule has 2 heterocycles. The van der Waals surface area contributed by atoms with E-state index in [0.29, 0.717) is 42.5 Å². The first-order valence-corrected chi connectivity index (χ1v) is 10.8. The van der Waals surface area contributed by atoms with Crippen molar-refractivity contribution in [2.75, 3.05) is 33.8 Å². The highest BCUT2D eigenvalue weighted by Crippen LogP contribution is 2.33. The van der Waals surface area contributed by atoms with Crippen molar-refractivity contribution in [1.29, 1.82) is 0 Å². The van der Waals surface area contributed by atoms with Crippen molar-refractivity contribution >= 4 is 5.91 Å². The number of likely N-dealkylation sites (tertiary alicyclic amines) is 1. The molecule has 0 bridgehead atoms. The number of nitrogens with one attached hydrogen (secondary N) is 1. The maximum atomic E-state index is 13.4. The molecule has 1 saturated heterocycles. The molecule has 3 aromatic rings. The maximum absolute atomic E-state index is 13.4. The first-order chi connectivity index (χ1) is 15.5. The quantitative estimate of drug-likeness (QED) is 0.584. The van der Waals surface area contributed by atoms with E-state index in [9.17, 15) is 9.18 Å². The number of aromatic nitrogens is 3. The standard InChI is InChI=1S/C24H28FN5O2/c1-29(2)14-15-32-21-8-4-3-6-19(21)24(31)30-13-5-7-20(30)23-26-22(27-28-23)16-17-9-11-18(25)12-10-17/h3-4,6,8-12,20H,5,7,13-16H2,1-2H3,(H,26,27,28)/t20-/m1/s1. The van der Waals surface area contributed by atoms with Crippen LogP contribution in [0.3, 0.4) is 0 Å². The number of carbonyl (C=O) groups excluding carboxylic acids is 1. The van der Waals surface area contributed by atoms with E-state index < -0.39 is 0 Å². The van der Waals surface area contributed by atoms with Gasteiger partial charge in [-0.2, -0.15) is 5.10 Å². The Kier molecular flexibility index (Phi) is 6.80. The van der Waals surface area contributed by atoms with Gasteiger partial charge in [-0.05, 0) is 56.8 Å². The molecule has 168 valence electrons. The summed E-state index contributed by atoms with van der Waals surface area (Å²) in [5.74, 6) is 1.56. The Hall–Kier alpha value is -3.26. The largest absolute Gasteiger partial charge is 0.491 e. The van der Waals surface area contributed by atoms with Crippen molar-refractivity contribution in [3.05, 3.63) is 77.1 Å². The molecular weight excluding hydrogens is 409 g/mol. The van der Waals surface area contributed by atoms with E-state index in [1.54, 1.807) is 18.2 Å². The second-order valence-electron chi connectivity index (χ2n) is 8.25. The zero-order valence-electron chi connectivity index (χ0n) is 18.4. The van der Waals surface area contributed by atoms with Gasteiger partial charge in [0.1, 0.15) is 24.0 Å². The van der Waals surface area contributed by atoms with Crippen molar-refractivity contribution in [2.24, 2.45) is 0 Å². The Labute approximate surface area is 187 Å². The van der Waals surface area contributed by atoms with Crippen LogP contribution in [-0.4, -0.2) is 64.7 Å². The minimum atomic E-state index is -0.266. The lowest BCUT2D eigenvalue weighted by atomic mass is 10.1. The number of H-pyrrole nitrogens is 1. The molecule has 1 aromatic heterocycles. The lowest BCUT2D eigenvalue weighted by Crippen LogP contribution is -2.31. The highest BCUT2D eigenvalue weighted by molar-refractivity contribution is 5.97. The van der Waals surface area contributed by atoms with E-state index in [1.807, 2.05) is 42.1 Å². The van der Waals surface area contributed by atoms with Crippen LogP contribution in [0.4, 0.5) is 4.39 Å². The molecule has 0 aliphatic carbocycles. The Morgan fingerprint density at radius 1 is 1.22 bits per heavy atom. The van der Waals surface area contributed by atoms with Gasteiger partial charge in [-0.3, -0.25) is 9.89 Å². The van der Waals surface area contributed by atoms with Gasteiger partial charge < -0.3 is 14.5 Å². The van der Waals surface area contributed by atoms with Crippen LogP contribution < -0.4 is 4.74 Å². The van der Waals surface area contributed by atoms with Gasteiger partial charge in [0.2, 0.25) is 0 Å². The molecule has 1 atom stereocenters. The molecule has 0 unspecified atom stereocenters. The van der Waals surface area contributed by atoms with Gasteiger partial charge in [-0.25, -0.2) is 9.37 Å².